The van der Waals surface area contributed by atoms with Crippen molar-refractivity contribution in [1.82, 2.24) is 5.32 Å². The molecule has 0 saturated heterocycles. The summed E-state index contributed by atoms with van der Waals surface area (Å²) < 4.78 is 0. The summed E-state index contributed by atoms with van der Waals surface area (Å²) in [6.07, 6.45) is 2.81. The van der Waals surface area contributed by atoms with Crippen molar-refractivity contribution in [2.45, 2.75) is 59.4 Å². The highest BCUT2D eigenvalue weighted by Crippen LogP contribution is 2.29. The number of nitrogens with one attached hydrogen (secondary N) is 1. The minimum atomic E-state index is -0.790. The van der Waals surface area contributed by atoms with Gasteiger partial charge in [0.15, 0.2) is 0 Å². The largest absolute Gasteiger partial charge is 0.481 e. The maximum atomic E-state index is 11.9. The van der Waals surface area contributed by atoms with Crippen molar-refractivity contribution in [2.24, 2.45) is 17.3 Å². The maximum absolute atomic E-state index is 11.9. The van der Waals surface area contributed by atoms with Crippen LogP contribution in [0.3, 0.4) is 0 Å². The van der Waals surface area contributed by atoms with Gasteiger partial charge >= 0.3 is 5.97 Å². The molecule has 1 aliphatic carbocycles. The molecule has 0 spiro atoms. The normalized spacial score (nSPS) is 25.8. The van der Waals surface area contributed by atoms with Crippen LogP contribution in [0.2, 0.25) is 0 Å². The van der Waals surface area contributed by atoms with Crippen LogP contribution in [0.1, 0.15) is 53.4 Å². The maximum Gasteiger partial charge on any atom is 0.308 e. The van der Waals surface area contributed by atoms with Gasteiger partial charge in [0, 0.05) is 12.5 Å². The van der Waals surface area contributed by atoms with Crippen LogP contribution in [-0.2, 0) is 9.59 Å². The lowest BCUT2D eigenvalue weighted by atomic mass is 9.80. The van der Waals surface area contributed by atoms with Gasteiger partial charge in [-0.05, 0) is 24.2 Å². The van der Waals surface area contributed by atoms with Crippen molar-refractivity contribution < 1.29 is 14.7 Å². The topological polar surface area (TPSA) is 66.4 Å². The second-order valence-electron chi connectivity index (χ2n) is 6.52. The first-order valence-corrected chi connectivity index (χ1v) is 6.74. The second kappa shape index (κ2) is 5.72. The highest BCUT2D eigenvalue weighted by Gasteiger charge is 2.34. The molecule has 1 fully saturated rings. The Bertz CT molecular complexity index is 319. The molecule has 104 valence electrons. The predicted molar refractivity (Wildman–Crippen MR) is 70.1 cm³/mol. The van der Waals surface area contributed by atoms with Gasteiger partial charge < -0.3 is 10.4 Å². The van der Waals surface area contributed by atoms with Crippen molar-refractivity contribution in [3.63, 3.8) is 0 Å². The van der Waals surface area contributed by atoms with E-state index in [9.17, 15) is 9.59 Å². The Morgan fingerprint density at radius 1 is 1.33 bits per heavy atom. The van der Waals surface area contributed by atoms with E-state index in [1.54, 1.807) is 0 Å². The van der Waals surface area contributed by atoms with E-state index >= 15 is 0 Å². The molecule has 0 radical (unpaired) electrons. The van der Waals surface area contributed by atoms with Crippen LogP contribution in [0, 0.1) is 17.3 Å². The van der Waals surface area contributed by atoms with Crippen molar-refractivity contribution in [2.75, 3.05) is 0 Å². The van der Waals surface area contributed by atoms with Crippen LogP contribution in [-0.4, -0.2) is 23.0 Å². The highest BCUT2D eigenvalue weighted by atomic mass is 16.4. The molecule has 1 aliphatic rings. The number of aliphatic carboxylic acids is 1. The third-order valence-electron chi connectivity index (χ3n) is 4.15. The molecule has 4 heteroatoms. The van der Waals surface area contributed by atoms with E-state index in [1.807, 2.05) is 0 Å². The summed E-state index contributed by atoms with van der Waals surface area (Å²) in [5.41, 5.74) is 0.0964. The molecular weight excluding hydrogens is 230 g/mol. The standard InChI is InChI=1S/C14H25NO3/c1-9(14(2,3)4)8-12(16)15-11-7-5-6-10(11)13(17)18/h9-11H,5-8H2,1-4H3,(H,15,16)(H,17,18). The average molecular weight is 255 g/mol. The first kappa shape index (κ1) is 15.0. The molecule has 3 atom stereocenters. The van der Waals surface area contributed by atoms with E-state index in [0.717, 1.165) is 12.8 Å². The molecular formula is C14H25NO3. The number of hydrogen-bond acceptors (Lipinski definition) is 2. The third kappa shape index (κ3) is 4.00. The molecule has 1 saturated carbocycles. The zero-order chi connectivity index (χ0) is 13.9. The Balaban J connectivity index is 2.48. The van der Waals surface area contributed by atoms with E-state index in [2.05, 4.69) is 33.0 Å². The van der Waals surface area contributed by atoms with E-state index in [1.165, 1.54) is 0 Å². The quantitative estimate of drug-likeness (QED) is 0.810. The van der Waals surface area contributed by atoms with Crippen LogP contribution in [0.4, 0.5) is 0 Å². The molecule has 4 nitrogen and oxygen atoms in total. The zero-order valence-corrected chi connectivity index (χ0v) is 11.8. The fraction of sp³-hybridized carbons (Fsp3) is 0.857. The first-order valence-electron chi connectivity index (χ1n) is 6.74. The Morgan fingerprint density at radius 2 is 1.94 bits per heavy atom. The van der Waals surface area contributed by atoms with Gasteiger partial charge in [0.25, 0.3) is 0 Å². The summed E-state index contributed by atoms with van der Waals surface area (Å²) >= 11 is 0. The summed E-state index contributed by atoms with van der Waals surface area (Å²) in [6, 6.07) is -0.179. The highest BCUT2D eigenvalue weighted by molar-refractivity contribution is 5.78. The fourth-order valence-electron chi connectivity index (χ4n) is 2.28. The third-order valence-corrected chi connectivity index (χ3v) is 4.15. The molecule has 0 aromatic carbocycles. The van der Waals surface area contributed by atoms with Gasteiger partial charge in [-0.1, -0.05) is 34.1 Å². The molecule has 0 aliphatic heterocycles. The van der Waals surface area contributed by atoms with Crippen molar-refractivity contribution in [3.05, 3.63) is 0 Å². The molecule has 3 unspecified atom stereocenters. The molecule has 0 aromatic heterocycles. The summed E-state index contributed by atoms with van der Waals surface area (Å²) in [4.78, 5) is 22.9. The number of carboxylic acid groups (broad SMARTS) is 1. The van der Waals surface area contributed by atoms with Gasteiger partial charge in [0.2, 0.25) is 5.91 Å². The number of carboxylic acids is 1. The van der Waals surface area contributed by atoms with Gasteiger partial charge in [0.05, 0.1) is 5.92 Å². The van der Waals surface area contributed by atoms with Crippen LogP contribution in [0.15, 0.2) is 0 Å². The first-order chi connectivity index (χ1) is 8.21. The lowest BCUT2D eigenvalue weighted by Gasteiger charge is -2.27. The molecule has 0 bridgehead atoms. The Morgan fingerprint density at radius 3 is 2.44 bits per heavy atom. The Labute approximate surface area is 109 Å². The Hall–Kier alpha value is -1.06. The van der Waals surface area contributed by atoms with Crippen LogP contribution >= 0.6 is 0 Å². The van der Waals surface area contributed by atoms with E-state index in [0.29, 0.717) is 12.8 Å². The number of hydrogen-bond donors (Lipinski definition) is 2. The van der Waals surface area contributed by atoms with Gasteiger partial charge in [-0.2, -0.15) is 0 Å². The number of carbonyl (C=O) groups is 2. The SMILES string of the molecule is CC(CC(=O)NC1CCCC1C(=O)O)C(C)(C)C. The van der Waals surface area contributed by atoms with E-state index in [-0.39, 0.29) is 23.3 Å². The number of amides is 1. The summed E-state index contributed by atoms with van der Waals surface area (Å²) in [6.45, 7) is 8.39. The van der Waals surface area contributed by atoms with Crippen molar-refractivity contribution in [1.29, 1.82) is 0 Å². The van der Waals surface area contributed by atoms with Gasteiger partial charge in [-0.25, -0.2) is 0 Å². The average Bonchev–Trinajstić information content (AvgIpc) is 2.63. The lowest BCUT2D eigenvalue weighted by molar-refractivity contribution is -0.142. The van der Waals surface area contributed by atoms with Crippen LogP contribution in [0.5, 0.6) is 0 Å². The van der Waals surface area contributed by atoms with Crippen LogP contribution in [0.25, 0.3) is 0 Å². The lowest BCUT2D eigenvalue weighted by Crippen LogP contribution is -2.41. The van der Waals surface area contributed by atoms with E-state index < -0.39 is 11.9 Å². The summed E-state index contributed by atoms with van der Waals surface area (Å²) in [7, 11) is 0. The molecule has 0 aromatic rings. The smallest absolute Gasteiger partial charge is 0.308 e. The zero-order valence-electron chi connectivity index (χ0n) is 11.8. The second-order valence-corrected chi connectivity index (χ2v) is 6.52. The van der Waals surface area contributed by atoms with Crippen LogP contribution < -0.4 is 5.32 Å². The minimum Gasteiger partial charge on any atom is -0.481 e. The molecule has 2 N–H and O–H groups in total. The predicted octanol–water partition coefficient (Wildman–Crippen LogP) is 2.43. The van der Waals surface area contributed by atoms with Crippen molar-refractivity contribution in [3.8, 4) is 0 Å². The van der Waals surface area contributed by atoms with E-state index in [4.69, 9.17) is 5.11 Å². The summed E-state index contributed by atoms with van der Waals surface area (Å²) in [5.74, 6) is -0.932. The number of rotatable bonds is 4. The summed E-state index contributed by atoms with van der Waals surface area (Å²) in [5, 5.41) is 11.9. The monoisotopic (exact) mass is 255 g/mol. The molecule has 1 amide bonds. The van der Waals surface area contributed by atoms with Gasteiger partial charge in [-0.15, -0.1) is 0 Å². The van der Waals surface area contributed by atoms with Gasteiger partial charge in [-0.3, -0.25) is 9.59 Å². The molecule has 18 heavy (non-hydrogen) atoms. The van der Waals surface area contributed by atoms with Gasteiger partial charge in [0.1, 0.15) is 0 Å². The fourth-order valence-corrected chi connectivity index (χ4v) is 2.28. The van der Waals surface area contributed by atoms with Crippen molar-refractivity contribution >= 4 is 11.9 Å². The minimum absolute atomic E-state index is 0.0180. The molecule has 0 heterocycles. The molecule has 1 rings (SSSR count). The number of carbonyl (C=O) groups excluding carboxylic acids is 1. The Kier molecular flexibility index (Phi) is 4.77.